The van der Waals surface area contributed by atoms with E-state index in [1.807, 2.05) is 25.1 Å². The van der Waals surface area contributed by atoms with E-state index in [0.717, 1.165) is 51.2 Å². The Morgan fingerprint density at radius 3 is 2.64 bits per heavy atom. The second-order valence-electron chi connectivity index (χ2n) is 6.84. The molecule has 0 amide bonds. The molecule has 5 nitrogen and oxygen atoms in total. The standard InChI is InChI=1S/C20H29F3N4O/c1-4-5-19(25-13-14(2)20(21,22)23)27-17-7-6-16(12-18(17)28-3)26-15-8-10-24-11-9-15/h6-7,12-13,15,24,26H,4-5,8-11H2,1-3H3,(H,25,27)/b14-13+. The van der Waals surface area contributed by atoms with Crippen molar-refractivity contribution < 1.29 is 17.9 Å². The highest BCUT2D eigenvalue weighted by Gasteiger charge is 2.29. The zero-order valence-corrected chi connectivity index (χ0v) is 16.6. The van der Waals surface area contributed by atoms with Crippen molar-refractivity contribution in [1.29, 1.82) is 0 Å². The second kappa shape index (κ2) is 10.4. The Kier molecular flexibility index (Phi) is 8.17. The third kappa shape index (κ3) is 6.74. The number of nitrogens with one attached hydrogen (secondary N) is 3. The fourth-order valence-corrected chi connectivity index (χ4v) is 2.89. The van der Waals surface area contributed by atoms with Crippen LogP contribution in [-0.2, 0) is 0 Å². The maximum absolute atomic E-state index is 12.7. The van der Waals surface area contributed by atoms with Crippen molar-refractivity contribution in [2.45, 2.75) is 51.7 Å². The first-order valence-corrected chi connectivity index (χ1v) is 9.56. The van der Waals surface area contributed by atoms with Crippen molar-refractivity contribution in [2.24, 2.45) is 4.99 Å². The van der Waals surface area contributed by atoms with Gasteiger partial charge < -0.3 is 20.7 Å². The number of rotatable bonds is 7. The number of halogens is 3. The first kappa shape index (κ1) is 22.1. The molecule has 1 aliphatic heterocycles. The SMILES string of the molecule is CCCC(=N/C=C(\C)C(F)(F)F)Nc1ccc(NC2CCNCC2)cc1OC. The quantitative estimate of drug-likeness (QED) is 0.450. The number of piperidine rings is 1. The lowest BCUT2D eigenvalue weighted by molar-refractivity contribution is -0.0914. The van der Waals surface area contributed by atoms with Crippen LogP contribution in [0.1, 0.15) is 39.5 Å². The molecule has 3 N–H and O–H groups in total. The van der Waals surface area contributed by atoms with Crippen LogP contribution in [-0.4, -0.2) is 38.3 Å². The summed E-state index contributed by atoms with van der Waals surface area (Å²) in [5.74, 6) is 1.07. The van der Waals surface area contributed by atoms with E-state index in [0.29, 0.717) is 29.7 Å². The van der Waals surface area contributed by atoms with E-state index >= 15 is 0 Å². The van der Waals surface area contributed by atoms with Gasteiger partial charge in [0.25, 0.3) is 0 Å². The third-order valence-corrected chi connectivity index (χ3v) is 4.54. The van der Waals surface area contributed by atoms with Gasteiger partial charge in [0.2, 0.25) is 0 Å². The van der Waals surface area contributed by atoms with Crippen molar-refractivity contribution in [3.05, 3.63) is 30.0 Å². The van der Waals surface area contributed by atoms with Gasteiger partial charge in [0.1, 0.15) is 11.6 Å². The first-order chi connectivity index (χ1) is 13.3. The summed E-state index contributed by atoms with van der Waals surface area (Å²) < 4.78 is 43.5. The minimum atomic E-state index is -4.37. The predicted molar refractivity (Wildman–Crippen MR) is 108 cm³/mol. The summed E-state index contributed by atoms with van der Waals surface area (Å²) in [4.78, 5) is 4.01. The van der Waals surface area contributed by atoms with Crippen LogP contribution in [0.4, 0.5) is 24.5 Å². The second-order valence-corrected chi connectivity index (χ2v) is 6.84. The van der Waals surface area contributed by atoms with Crippen molar-refractivity contribution in [3.63, 3.8) is 0 Å². The van der Waals surface area contributed by atoms with E-state index in [4.69, 9.17) is 4.74 Å². The van der Waals surface area contributed by atoms with Crippen molar-refractivity contribution in [3.8, 4) is 5.75 Å². The van der Waals surface area contributed by atoms with Gasteiger partial charge in [0.05, 0.1) is 12.8 Å². The number of methoxy groups -OCH3 is 1. The third-order valence-electron chi connectivity index (χ3n) is 4.54. The van der Waals surface area contributed by atoms with Gasteiger partial charge in [-0.2, -0.15) is 13.2 Å². The van der Waals surface area contributed by atoms with E-state index in [1.54, 1.807) is 7.11 Å². The number of benzene rings is 1. The Bertz CT molecular complexity index is 695. The van der Waals surface area contributed by atoms with Gasteiger partial charge in [-0.05, 0) is 51.4 Å². The Balaban J connectivity index is 2.15. The molecular formula is C20H29F3N4O. The Morgan fingerprint density at radius 1 is 1.32 bits per heavy atom. The van der Waals surface area contributed by atoms with E-state index in [-0.39, 0.29) is 0 Å². The minimum Gasteiger partial charge on any atom is -0.494 e. The average Bonchev–Trinajstić information content (AvgIpc) is 2.67. The van der Waals surface area contributed by atoms with Crippen LogP contribution in [0.5, 0.6) is 5.75 Å². The fourth-order valence-electron chi connectivity index (χ4n) is 2.89. The number of aliphatic imine (C=N–C) groups is 1. The molecule has 1 heterocycles. The summed E-state index contributed by atoms with van der Waals surface area (Å²) in [6.45, 7) is 4.95. The number of nitrogens with zero attached hydrogens (tertiary/aromatic N) is 1. The van der Waals surface area contributed by atoms with Gasteiger partial charge in [0, 0.05) is 36.0 Å². The molecule has 0 saturated carbocycles. The number of ether oxygens (including phenoxy) is 1. The molecule has 0 aromatic heterocycles. The molecule has 0 radical (unpaired) electrons. The lowest BCUT2D eigenvalue weighted by atomic mass is 10.1. The Labute approximate surface area is 164 Å². The number of anilines is 2. The van der Waals surface area contributed by atoms with Crippen molar-refractivity contribution in [2.75, 3.05) is 30.8 Å². The summed E-state index contributed by atoms with van der Waals surface area (Å²) in [7, 11) is 1.57. The lowest BCUT2D eigenvalue weighted by Crippen LogP contribution is -2.35. The van der Waals surface area contributed by atoms with Gasteiger partial charge in [-0.3, -0.25) is 0 Å². The van der Waals surface area contributed by atoms with Crippen LogP contribution in [0.15, 0.2) is 35.0 Å². The maximum Gasteiger partial charge on any atom is 0.413 e. The molecule has 1 aromatic carbocycles. The smallest absolute Gasteiger partial charge is 0.413 e. The van der Waals surface area contributed by atoms with E-state index in [2.05, 4.69) is 20.9 Å². The van der Waals surface area contributed by atoms with Crippen molar-refractivity contribution in [1.82, 2.24) is 5.32 Å². The molecule has 1 saturated heterocycles. The van der Waals surface area contributed by atoms with Crippen LogP contribution in [0, 0.1) is 0 Å². The molecule has 0 aliphatic carbocycles. The van der Waals surface area contributed by atoms with Crippen LogP contribution in [0.2, 0.25) is 0 Å². The zero-order valence-electron chi connectivity index (χ0n) is 16.6. The topological polar surface area (TPSA) is 57.7 Å². The van der Waals surface area contributed by atoms with Crippen molar-refractivity contribution >= 4 is 17.2 Å². The molecule has 1 aliphatic rings. The lowest BCUT2D eigenvalue weighted by Gasteiger charge is -2.25. The van der Waals surface area contributed by atoms with Crippen LogP contribution >= 0.6 is 0 Å². The highest BCUT2D eigenvalue weighted by molar-refractivity contribution is 5.97. The monoisotopic (exact) mass is 398 g/mol. The molecule has 2 rings (SSSR count). The number of alkyl halides is 3. The molecule has 1 aromatic rings. The van der Waals surface area contributed by atoms with Crippen LogP contribution in [0.25, 0.3) is 0 Å². The summed E-state index contributed by atoms with van der Waals surface area (Å²) in [6, 6.07) is 6.10. The molecular weight excluding hydrogens is 369 g/mol. The van der Waals surface area contributed by atoms with Crippen LogP contribution in [0.3, 0.4) is 0 Å². The fraction of sp³-hybridized carbons (Fsp3) is 0.550. The van der Waals surface area contributed by atoms with E-state index < -0.39 is 11.7 Å². The zero-order chi connectivity index (χ0) is 20.6. The number of amidine groups is 1. The minimum absolute atomic E-state index is 0.414. The Morgan fingerprint density at radius 2 is 2.04 bits per heavy atom. The molecule has 0 unspecified atom stereocenters. The summed E-state index contributed by atoms with van der Waals surface area (Å²) in [6.07, 6.45) is -0.124. The van der Waals surface area contributed by atoms with Crippen LogP contribution < -0.4 is 20.7 Å². The van der Waals surface area contributed by atoms with Gasteiger partial charge in [0.15, 0.2) is 0 Å². The maximum atomic E-state index is 12.7. The largest absolute Gasteiger partial charge is 0.494 e. The highest BCUT2D eigenvalue weighted by atomic mass is 19.4. The summed E-state index contributed by atoms with van der Waals surface area (Å²) in [5, 5.41) is 9.95. The molecule has 0 bridgehead atoms. The number of hydrogen-bond donors (Lipinski definition) is 3. The number of allylic oxidation sites excluding steroid dienone is 1. The highest BCUT2D eigenvalue weighted by Crippen LogP contribution is 2.29. The molecule has 8 heteroatoms. The first-order valence-electron chi connectivity index (χ1n) is 9.56. The molecule has 156 valence electrons. The molecule has 1 fully saturated rings. The van der Waals surface area contributed by atoms with Gasteiger partial charge in [-0.15, -0.1) is 0 Å². The average molecular weight is 398 g/mol. The predicted octanol–water partition coefficient (Wildman–Crippen LogP) is 4.94. The molecule has 0 spiro atoms. The Hall–Kier alpha value is -2.22. The molecule has 0 atom stereocenters. The van der Waals surface area contributed by atoms with E-state index in [9.17, 15) is 13.2 Å². The normalized spacial score (nSPS) is 16.8. The van der Waals surface area contributed by atoms with Gasteiger partial charge in [-0.25, -0.2) is 4.99 Å². The van der Waals surface area contributed by atoms with E-state index in [1.165, 1.54) is 0 Å². The van der Waals surface area contributed by atoms with Gasteiger partial charge in [-0.1, -0.05) is 6.92 Å². The van der Waals surface area contributed by atoms with Gasteiger partial charge >= 0.3 is 6.18 Å². The molecule has 28 heavy (non-hydrogen) atoms. The number of hydrogen-bond acceptors (Lipinski definition) is 4. The summed E-state index contributed by atoms with van der Waals surface area (Å²) >= 11 is 0. The summed E-state index contributed by atoms with van der Waals surface area (Å²) in [5.41, 5.74) is 0.885.